The molecule has 0 aliphatic carbocycles. The van der Waals surface area contributed by atoms with E-state index in [0.717, 1.165) is 33.7 Å². The van der Waals surface area contributed by atoms with Gasteiger partial charge in [-0.1, -0.05) is 75.4 Å². The number of carbonyl (C=O) groups is 1. The Hall–Kier alpha value is -3.67. The summed E-state index contributed by atoms with van der Waals surface area (Å²) in [6.45, 7) is 13.2. The number of carbonyl (C=O) groups excluding carboxylic acids is 1. The number of aliphatic imine (C=N–C) groups is 1. The van der Waals surface area contributed by atoms with Crippen LogP contribution in [0.5, 0.6) is 0 Å². The molecule has 188 valence electrons. The first-order valence-electron chi connectivity index (χ1n) is 12.4. The van der Waals surface area contributed by atoms with Crippen LogP contribution in [0.2, 0.25) is 0 Å². The van der Waals surface area contributed by atoms with Gasteiger partial charge in [0.25, 0.3) is 0 Å². The number of hydrogen-bond donors (Lipinski definition) is 0. The summed E-state index contributed by atoms with van der Waals surface area (Å²) in [6.07, 6.45) is 2.10. The average Bonchev–Trinajstić information content (AvgIpc) is 3.64. The monoisotopic (exact) mass is 485 g/mol. The summed E-state index contributed by atoms with van der Waals surface area (Å²) in [6, 6.07) is 18.0. The zero-order valence-corrected chi connectivity index (χ0v) is 22.0. The molecule has 1 aliphatic heterocycles. The van der Waals surface area contributed by atoms with Gasteiger partial charge in [0.2, 0.25) is 6.79 Å². The summed E-state index contributed by atoms with van der Waals surface area (Å²) in [5.74, 6) is 0.310. The van der Waals surface area contributed by atoms with Gasteiger partial charge in [0.15, 0.2) is 5.76 Å². The first kappa shape index (κ1) is 25.4. The Bertz CT molecular complexity index is 1270. The number of rotatable bonds is 9. The molecule has 0 saturated carbocycles. The molecule has 1 atom stereocenters. The Morgan fingerprint density at radius 2 is 1.67 bits per heavy atom. The molecule has 1 aliphatic rings. The average molecular weight is 486 g/mol. The summed E-state index contributed by atoms with van der Waals surface area (Å²) < 4.78 is 13.7. The van der Waals surface area contributed by atoms with Crippen molar-refractivity contribution in [1.29, 1.82) is 0 Å². The zero-order valence-electron chi connectivity index (χ0n) is 22.0. The van der Waals surface area contributed by atoms with Crippen molar-refractivity contribution in [2.45, 2.75) is 66.0 Å². The van der Waals surface area contributed by atoms with Gasteiger partial charge < -0.3 is 9.47 Å². The Morgan fingerprint density at radius 1 is 1.00 bits per heavy atom. The van der Waals surface area contributed by atoms with Gasteiger partial charge in [0.1, 0.15) is 11.7 Å². The van der Waals surface area contributed by atoms with Gasteiger partial charge in [-0.2, -0.15) is 5.10 Å². The smallest absolute Gasteiger partial charge is 0.313 e. The van der Waals surface area contributed by atoms with E-state index in [4.69, 9.17) is 14.6 Å². The van der Waals surface area contributed by atoms with E-state index in [1.54, 1.807) is 0 Å². The molecule has 36 heavy (non-hydrogen) atoms. The van der Waals surface area contributed by atoms with Crippen molar-refractivity contribution in [1.82, 2.24) is 9.78 Å². The molecular weight excluding hydrogens is 450 g/mol. The molecule has 1 aromatic heterocycles. The number of esters is 1. The van der Waals surface area contributed by atoms with Crippen molar-refractivity contribution in [3.8, 4) is 0 Å². The number of aromatic nitrogens is 2. The molecule has 0 fully saturated rings. The summed E-state index contributed by atoms with van der Waals surface area (Å²) in [7, 11) is 0. The van der Waals surface area contributed by atoms with Crippen molar-refractivity contribution in [2.75, 3.05) is 6.79 Å². The maximum atomic E-state index is 12.5. The van der Waals surface area contributed by atoms with E-state index in [-0.39, 0.29) is 30.6 Å². The topological polar surface area (TPSA) is 65.7 Å². The molecule has 0 saturated heterocycles. The van der Waals surface area contributed by atoms with E-state index in [1.165, 1.54) is 5.56 Å². The highest BCUT2D eigenvalue weighted by Crippen LogP contribution is 2.37. The molecule has 4 rings (SSSR count). The van der Waals surface area contributed by atoms with E-state index in [0.29, 0.717) is 12.3 Å². The van der Waals surface area contributed by atoms with E-state index in [9.17, 15) is 4.79 Å². The van der Waals surface area contributed by atoms with Crippen LogP contribution < -0.4 is 0 Å². The second kappa shape index (κ2) is 10.5. The van der Waals surface area contributed by atoms with Crippen LogP contribution in [0.1, 0.15) is 61.3 Å². The molecule has 1 unspecified atom stereocenters. The van der Waals surface area contributed by atoms with Crippen molar-refractivity contribution >= 4 is 23.5 Å². The van der Waals surface area contributed by atoms with Crippen LogP contribution in [0.4, 0.5) is 0 Å². The van der Waals surface area contributed by atoms with E-state index in [1.807, 2.05) is 55.1 Å². The van der Waals surface area contributed by atoms with Crippen molar-refractivity contribution < 1.29 is 14.3 Å². The Labute approximate surface area is 213 Å². The maximum absolute atomic E-state index is 12.5. The minimum absolute atomic E-state index is 0.0549. The summed E-state index contributed by atoms with van der Waals surface area (Å²) >= 11 is 0. The number of hydrogen-bond acceptors (Lipinski definition) is 5. The summed E-state index contributed by atoms with van der Waals surface area (Å²) in [4.78, 5) is 17.0. The predicted octanol–water partition coefficient (Wildman–Crippen LogP) is 5.90. The van der Waals surface area contributed by atoms with Crippen LogP contribution in [0.15, 0.2) is 59.6 Å². The lowest BCUT2D eigenvalue weighted by molar-refractivity contribution is -0.150. The fraction of sp³-hybridized carbons (Fsp3) is 0.367. The van der Waals surface area contributed by atoms with E-state index in [2.05, 4.69) is 57.0 Å². The van der Waals surface area contributed by atoms with Gasteiger partial charge >= 0.3 is 5.97 Å². The van der Waals surface area contributed by atoms with Crippen LogP contribution in [0.3, 0.4) is 0 Å². The molecule has 3 aromatic rings. The molecule has 0 amide bonds. The Kier molecular flexibility index (Phi) is 7.43. The van der Waals surface area contributed by atoms with Crippen LogP contribution in [-0.2, 0) is 32.6 Å². The largest absolute Gasteiger partial charge is 0.455 e. The Morgan fingerprint density at radius 3 is 2.25 bits per heavy atom. The van der Waals surface area contributed by atoms with Gasteiger partial charge in [-0.05, 0) is 42.9 Å². The number of nitrogens with zero attached hydrogens (tertiary/aromatic N) is 3. The molecule has 0 spiro atoms. The fourth-order valence-corrected chi connectivity index (χ4v) is 4.21. The van der Waals surface area contributed by atoms with Gasteiger partial charge in [-0.3, -0.25) is 14.5 Å². The van der Waals surface area contributed by atoms with E-state index < -0.39 is 0 Å². The molecule has 2 aromatic carbocycles. The Balaban J connectivity index is 1.68. The summed E-state index contributed by atoms with van der Waals surface area (Å²) in [5, 5.41) is 4.70. The minimum Gasteiger partial charge on any atom is -0.455 e. The minimum atomic E-state index is -0.337. The number of aryl methyl sites for hydroxylation is 2. The third-order valence-corrected chi connectivity index (χ3v) is 6.46. The number of ether oxygens (including phenoxy) is 2. The second-order valence-corrected chi connectivity index (χ2v) is 10.1. The number of benzene rings is 2. The van der Waals surface area contributed by atoms with Crippen LogP contribution >= 0.6 is 0 Å². The lowest BCUT2D eigenvalue weighted by atomic mass is 9.85. The van der Waals surface area contributed by atoms with Crippen LogP contribution in [-0.4, -0.2) is 34.8 Å². The van der Waals surface area contributed by atoms with Gasteiger partial charge in [0.05, 0.1) is 12.1 Å². The van der Waals surface area contributed by atoms with Gasteiger partial charge in [-0.15, -0.1) is 0 Å². The first-order valence-corrected chi connectivity index (χ1v) is 12.4. The summed E-state index contributed by atoms with van der Waals surface area (Å²) in [5.41, 5.74) is 7.05. The third kappa shape index (κ3) is 5.76. The van der Waals surface area contributed by atoms with Crippen LogP contribution in [0, 0.1) is 13.8 Å². The standard InChI is InChI=1S/C30H35N3O3/c1-7-33-28(20(2)21(3)32-33)29(36-19-35-26(34)17-22-11-9-8-10-12-22)27(25-18-31-25)23-13-15-24(16-14-23)30(4,5)6/h8-16,18,25H,7,17,19H2,1-6H3/b29-27+. The van der Waals surface area contributed by atoms with Crippen LogP contribution in [0.25, 0.3) is 11.3 Å². The zero-order chi connectivity index (χ0) is 25.9. The highest BCUT2D eigenvalue weighted by atomic mass is 16.7. The highest BCUT2D eigenvalue weighted by Gasteiger charge is 2.30. The molecule has 0 radical (unpaired) electrons. The molecule has 0 bridgehead atoms. The maximum Gasteiger partial charge on any atom is 0.313 e. The third-order valence-electron chi connectivity index (χ3n) is 6.46. The molecule has 6 heteroatoms. The first-order chi connectivity index (χ1) is 17.2. The molecule has 2 heterocycles. The molecule has 6 nitrogen and oxygen atoms in total. The molecule has 0 N–H and O–H groups in total. The lowest BCUT2D eigenvalue weighted by Crippen LogP contribution is -2.15. The van der Waals surface area contributed by atoms with Gasteiger partial charge in [-0.25, -0.2) is 0 Å². The highest BCUT2D eigenvalue weighted by molar-refractivity contribution is 6.04. The molecular formula is C30H35N3O3. The fourth-order valence-electron chi connectivity index (χ4n) is 4.21. The normalized spacial score (nSPS) is 15.4. The van der Waals surface area contributed by atoms with E-state index >= 15 is 0 Å². The quantitative estimate of drug-likeness (QED) is 0.215. The van der Waals surface area contributed by atoms with Crippen molar-refractivity contribution in [3.63, 3.8) is 0 Å². The predicted molar refractivity (Wildman–Crippen MR) is 144 cm³/mol. The van der Waals surface area contributed by atoms with Crippen molar-refractivity contribution in [2.24, 2.45) is 4.99 Å². The lowest BCUT2D eigenvalue weighted by Gasteiger charge is -2.21. The van der Waals surface area contributed by atoms with Crippen molar-refractivity contribution in [3.05, 3.63) is 88.2 Å². The SMILES string of the molecule is CCn1nc(C)c(C)c1/C(OCOC(=O)Cc1ccccc1)=C(/c1ccc(C(C)(C)C)cc1)C1C=N1. The second-order valence-electron chi connectivity index (χ2n) is 10.1. The van der Waals surface area contributed by atoms with Gasteiger partial charge in [0, 0.05) is 23.9 Å².